The first kappa shape index (κ1) is 10.4. The van der Waals surface area contributed by atoms with Crippen LogP contribution >= 0.6 is 0 Å². The van der Waals surface area contributed by atoms with E-state index in [9.17, 15) is 0 Å². The van der Waals surface area contributed by atoms with E-state index in [1.807, 2.05) is 19.2 Å². The first-order valence-electron chi connectivity index (χ1n) is 5.06. The molecular formula is C12H14N4. The minimum atomic E-state index is 0.420. The minimum absolute atomic E-state index is 0.420. The Labute approximate surface area is 94.4 Å². The molecule has 0 saturated heterocycles. The van der Waals surface area contributed by atoms with Gasteiger partial charge in [-0.15, -0.1) is 10.2 Å². The molecular weight excluding hydrogens is 200 g/mol. The molecule has 0 fully saturated rings. The normalized spacial score (nSPS) is 11.1. The number of hydrogen-bond acceptors (Lipinski definition) is 3. The van der Waals surface area contributed by atoms with Crippen LogP contribution in [-0.4, -0.2) is 14.8 Å². The summed E-state index contributed by atoms with van der Waals surface area (Å²) in [6.07, 6.45) is 3.89. The van der Waals surface area contributed by atoms with Gasteiger partial charge in [0.05, 0.1) is 0 Å². The van der Waals surface area contributed by atoms with Crippen molar-refractivity contribution in [1.82, 2.24) is 14.8 Å². The van der Waals surface area contributed by atoms with Crippen molar-refractivity contribution < 1.29 is 0 Å². The Morgan fingerprint density at radius 3 is 2.38 bits per heavy atom. The van der Waals surface area contributed by atoms with Crippen molar-refractivity contribution in [2.75, 3.05) is 5.73 Å². The van der Waals surface area contributed by atoms with E-state index in [4.69, 9.17) is 5.73 Å². The van der Waals surface area contributed by atoms with Crippen LogP contribution in [0.25, 0.3) is 12.2 Å². The van der Waals surface area contributed by atoms with Crippen molar-refractivity contribution in [3.8, 4) is 0 Å². The average molecular weight is 214 g/mol. The highest BCUT2D eigenvalue weighted by Gasteiger charge is 2.00. The number of nitrogens with zero attached hydrogens (tertiary/aromatic N) is 3. The van der Waals surface area contributed by atoms with Gasteiger partial charge in [0.25, 0.3) is 0 Å². The maximum absolute atomic E-state index is 5.58. The van der Waals surface area contributed by atoms with Crippen LogP contribution in [0.1, 0.15) is 17.0 Å². The van der Waals surface area contributed by atoms with E-state index in [0.29, 0.717) is 5.95 Å². The fourth-order valence-electron chi connectivity index (χ4n) is 1.35. The van der Waals surface area contributed by atoms with E-state index in [2.05, 4.69) is 41.4 Å². The molecule has 0 unspecified atom stereocenters. The minimum Gasteiger partial charge on any atom is -0.368 e. The first-order chi connectivity index (χ1) is 7.66. The van der Waals surface area contributed by atoms with E-state index < -0.39 is 0 Å². The molecule has 0 aliphatic rings. The number of hydrogen-bond donors (Lipinski definition) is 1. The summed E-state index contributed by atoms with van der Waals surface area (Å²) >= 11 is 0. The predicted octanol–water partition coefficient (Wildman–Crippen LogP) is 1.88. The molecule has 16 heavy (non-hydrogen) atoms. The highest BCUT2D eigenvalue weighted by atomic mass is 15.3. The Balaban J connectivity index is 2.21. The molecule has 0 bridgehead atoms. The molecule has 2 rings (SSSR count). The monoisotopic (exact) mass is 214 g/mol. The fourth-order valence-corrected chi connectivity index (χ4v) is 1.35. The molecule has 2 aromatic rings. The van der Waals surface area contributed by atoms with Crippen LogP contribution in [0.3, 0.4) is 0 Å². The molecule has 0 atom stereocenters. The van der Waals surface area contributed by atoms with Gasteiger partial charge < -0.3 is 5.73 Å². The Morgan fingerprint density at radius 1 is 1.12 bits per heavy atom. The second-order valence-electron chi connectivity index (χ2n) is 3.72. The number of nitrogens with two attached hydrogens (primary N) is 1. The Morgan fingerprint density at radius 2 is 1.81 bits per heavy atom. The molecule has 0 amide bonds. The van der Waals surface area contributed by atoms with Crippen molar-refractivity contribution in [2.24, 2.45) is 7.05 Å². The molecule has 82 valence electrons. The topological polar surface area (TPSA) is 56.7 Å². The third-order valence-electron chi connectivity index (χ3n) is 2.44. The maximum atomic E-state index is 5.58. The van der Waals surface area contributed by atoms with Crippen molar-refractivity contribution in [1.29, 1.82) is 0 Å². The number of aryl methyl sites for hydroxylation is 1. The second-order valence-corrected chi connectivity index (χ2v) is 3.72. The molecule has 4 heteroatoms. The van der Waals surface area contributed by atoms with Gasteiger partial charge in [-0.1, -0.05) is 35.9 Å². The summed E-state index contributed by atoms with van der Waals surface area (Å²) in [6.45, 7) is 2.07. The van der Waals surface area contributed by atoms with Gasteiger partial charge in [0.1, 0.15) is 0 Å². The molecule has 0 spiro atoms. The Hall–Kier alpha value is -2.10. The van der Waals surface area contributed by atoms with Crippen LogP contribution in [0.5, 0.6) is 0 Å². The lowest BCUT2D eigenvalue weighted by Gasteiger charge is -1.96. The molecule has 1 heterocycles. The van der Waals surface area contributed by atoms with Gasteiger partial charge in [0.15, 0.2) is 5.82 Å². The molecule has 0 aliphatic heterocycles. The summed E-state index contributed by atoms with van der Waals surface area (Å²) in [5.41, 5.74) is 7.97. The lowest BCUT2D eigenvalue weighted by Crippen LogP contribution is -1.98. The van der Waals surface area contributed by atoms with E-state index in [1.165, 1.54) is 5.56 Å². The molecule has 4 nitrogen and oxygen atoms in total. The largest absolute Gasteiger partial charge is 0.368 e. The summed E-state index contributed by atoms with van der Waals surface area (Å²) in [4.78, 5) is 0. The van der Waals surface area contributed by atoms with E-state index in [1.54, 1.807) is 4.57 Å². The quantitative estimate of drug-likeness (QED) is 0.830. The smallest absolute Gasteiger partial charge is 0.221 e. The third-order valence-corrected chi connectivity index (χ3v) is 2.44. The summed E-state index contributed by atoms with van der Waals surface area (Å²) in [6, 6.07) is 8.27. The molecule has 1 aromatic carbocycles. The fraction of sp³-hybridized carbons (Fsp3) is 0.167. The van der Waals surface area contributed by atoms with E-state index in [0.717, 1.165) is 11.4 Å². The Bertz CT molecular complexity index is 508. The maximum Gasteiger partial charge on any atom is 0.221 e. The van der Waals surface area contributed by atoms with E-state index >= 15 is 0 Å². The molecule has 0 aliphatic carbocycles. The van der Waals surface area contributed by atoms with Crippen molar-refractivity contribution in [2.45, 2.75) is 6.92 Å². The van der Waals surface area contributed by atoms with Crippen LogP contribution in [0.15, 0.2) is 24.3 Å². The molecule has 0 saturated carbocycles. The van der Waals surface area contributed by atoms with Crippen LogP contribution < -0.4 is 5.73 Å². The lowest BCUT2D eigenvalue weighted by atomic mass is 10.1. The van der Waals surface area contributed by atoms with Gasteiger partial charge in [0, 0.05) is 7.05 Å². The number of aromatic nitrogens is 3. The van der Waals surface area contributed by atoms with Gasteiger partial charge in [-0.2, -0.15) is 0 Å². The summed E-state index contributed by atoms with van der Waals surface area (Å²) in [7, 11) is 1.84. The van der Waals surface area contributed by atoms with Gasteiger partial charge in [-0.05, 0) is 18.6 Å². The zero-order chi connectivity index (χ0) is 11.5. The highest BCUT2D eigenvalue weighted by molar-refractivity contribution is 5.67. The second kappa shape index (κ2) is 4.18. The predicted molar refractivity (Wildman–Crippen MR) is 65.5 cm³/mol. The number of anilines is 1. The SMILES string of the molecule is Cc1ccc(/C=C/c2nnc(N)n2C)cc1. The van der Waals surface area contributed by atoms with Crippen LogP contribution in [0, 0.1) is 6.92 Å². The molecule has 1 aromatic heterocycles. The highest BCUT2D eigenvalue weighted by Crippen LogP contribution is 2.08. The number of benzene rings is 1. The zero-order valence-electron chi connectivity index (χ0n) is 9.38. The summed E-state index contributed by atoms with van der Waals surface area (Å²) in [5.74, 6) is 1.17. The van der Waals surface area contributed by atoms with Gasteiger partial charge in [0.2, 0.25) is 5.95 Å². The molecule has 0 radical (unpaired) electrons. The number of nitrogen functional groups attached to an aromatic ring is 1. The van der Waals surface area contributed by atoms with Crippen molar-refractivity contribution >= 4 is 18.1 Å². The van der Waals surface area contributed by atoms with Gasteiger partial charge in [-0.3, -0.25) is 4.57 Å². The van der Waals surface area contributed by atoms with Gasteiger partial charge in [-0.25, -0.2) is 0 Å². The van der Waals surface area contributed by atoms with Crippen molar-refractivity contribution in [3.63, 3.8) is 0 Å². The van der Waals surface area contributed by atoms with Crippen LogP contribution in [0.2, 0.25) is 0 Å². The Kier molecular flexibility index (Phi) is 2.72. The van der Waals surface area contributed by atoms with Crippen LogP contribution in [-0.2, 0) is 7.05 Å². The zero-order valence-corrected chi connectivity index (χ0v) is 9.38. The number of rotatable bonds is 2. The standard InChI is InChI=1S/C12H14N4/c1-9-3-5-10(6-4-9)7-8-11-14-15-12(13)16(11)2/h3-8H,1-2H3,(H2,13,15)/b8-7+. The average Bonchev–Trinajstić information content (AvgIpc) is 2.60. The first-order valence-corrected chi connectivity index (χ1v) is 5.06. The van der Waals surface area contributed by atoms with E-state index in [-0.39, 0.29) is 0 Å². The summed E-state index contributed by atoms with van der Waals surface area (Å²) < 4.78 is 1.74. The van der Waals surface area contributed by atoms with Crippen LogP contribution in [0.4, 0.5) is 5.95 Å². The van der Waals surface area contributed by atoms with Crippen molar-refractivity contribution in [3.05, 3.63) is 41.2 Å². The summed E-state index contributed by atoms with van der Waals surface area (Å²) in [5, 5.41) is 7.73. The lowest BCUT2D eigenvalue weighted by molar-refractivity contribution is 0.909. The molecule has 2 N–H and O–H groups in total. The third kappa shape index (κ3) is 2.11. The van der Waals surface area contributed by atoms with Gasteiger partial charge >= 0.3 is 0 Å².